The van der Waals surface area contributed by atoms with Gasteiger partial charge >= 0.3 is 18.3 Å². The van der Waals surface area contributed by atoms with Gasteiger partial charge in [-0.15, -0.1) is 0 Å². The number of halogens is 6. The number of nitrogens with zero attached hydrogens (tertiary/aromatic N) is 2. The van der Waals surface area contributed by atoms with Crippen LogP contribution in [-0.4, -0.2) is 28.2 Å². The van der Waals surface area contributed by atoms with E-state index in [1.54, 1.807) is 48.5 Å². The zero-order valence-electron chi connectivity index (χ0n) is 22.0. The fourth-order valence-corrected chi connectivity index (χ4v) is 4.17. The molecule has 0 spiro atoms. The Morgan fingerprint density at radius 1 is 0.951 bits per heavy atom. The van der Waals surface area contributed by atoms with E-state index in [4.69, 9.17) is 9.15 Å². The van der Waals surface area contributed by atoms with Crippen molar-refractivity contribution in [2.45, 2.75) is 51.2 Å². The molecule has 218 valence electrons. The number of aromatic nitrogens is 1. The number of hydrogen-bond acceptors (Lipinski definition) is 5. The summed E-state index contributed by atoms with van der Waals surface area (Å²) in [6.45, 7) is 2.57. The first-order valence-corrected chi connectivity index (χ1v) is 12.5. The molecule has 1 heterocycles. The van der Waals surface area contributed by atoms with Crippen molar-refractivity contribution in [2.24, 2.45) is 0 Å². The number of aliphatic carboxylic acids is 1. The van der Waals surface area contributed by atoms with Crippen LogP contribution in [0.5, 0.6) is 5.75 Å². The normalized spacial score (nSPS) is 12.5. The number of hydrogen-bond donors (Lipinski definition) is 1. The highest BCUT2D eigenvalue weighted by Gasteiger charge is 2.38. The Bertz CT molecular complexity index is 1490. The van der Waals surface area contributed by atoms with Crippen molar-refractivity contribution in [3.05, 3.63) is 89.0 Å². The summed E-state index contributed by atoms with van der Waals surface area (Å²) >= 11 is 0. The molecule has 0 atom stereocenters. The van der Waals surface area contributed by atoms with Crippen molar-refractivity contribution in [1.29, 1.82) is 0 Å². The van der Waals surface area contributed by atoms with Crippen LogP contribution in [-0.2, 0) is 30.1 Å². The lowest BCUT2D eigenvalue weighted by Gasteiger charge is -2.24. The largest absolute Gasteiger partial charge is 0.478 e. The molecule has 4 aromatic rings. The molecule has 4 rings (SSSR count). The topological polar surface area (TPSA) is 75.8 Å². The van der Waals surface area contributed by atoms with Gasteiger partial charge in [0.2, 0.25) is 0 Å². The second-order valence-corrected chi connectivity index (χ2v) is 9.92. The molecular formula is C29H26F6N2O4. The Kier molecular flexibility index (Phi) is 8.23. The van der Waals surface area contributed by atoms with Crippen LogP contribution < -0.4 is 9.64 Å². The van der Waals surface area contributed by atoms with E-state index >= 15 is 0 Å². The van der Waals surface area contributed by atoms with E-state index in [9.17, 15) is 36.2 Å². The summed E-state index contributed by atoms with van der Waals surface area (Å²) in [4.78, 5) is 17.2. The third-order valence-corrected chi connectivity index (χ3v) is 6.34. The van der Waals surface area contributed by atoms with Gasteiger partial charge in [0.1, 0.15) is 11.3 Å². The van der Waals surface area contributed by atoms with Crippen molar-refractivity contribution >= 4 is 23.1 Å². The van der Waals surface area contributed by atoms with Gasteiger partial charge in [0.05, 0.1) is 11.1 Å². The number of aryl methyl sites for hydroxylation is 1. The summed E-state index contributed by atoms with van der Waals surface area (Å²) in [5, 5.41) is 9.31. The average Bonchev–Trinajstić information content (AvgIpc) is 3.31. The first-order chi connectivity index (χ1) is 19.1. The maximum Gasteiger partial charge on any atom is 0.416 e. The lowest BCUT2D eigenvalue weighted by molar-refractivity contribution is -0.152. The van der Waals surface area contributed by atoms with Crippen LogP contribution >= 0.6 is 0 Å². The van der Waals surface area contributed by atoms with Crippen molar-refractivity contribution in [2.75, 3.05) is 11.4 Å². The van der Waals surface area contributed by atoms with Gasteiger partial charge in [-0.05, 0) is 74.2 Å². The first-order valence-electron chi connectivity index (χ1n) is 12.5. The van der Waals surface area contributed by atoms with Gasteiger partial charge in [-0.1, -0.05) is 30.3 Å². The minimum Gasteiger partial charge on any atom is -0.478 e. The summed E-state index contributed by atoms with van der Waals surface area (Å²) in [6, 6.07) is 15.1. The Morgan fingerprint density at radius 3 is 2.34 bits per heavy atom. The number of rotatable bonds is 10. The molecule has 1 aromatic heterocycles. The highest BCUT2D eigenvalue weighted by Crippen LogP contribution is 2.38. The van der Waals surface area contributed by atoms with Crippen LogP contribution in [0.4, 0.5) is 32.4 Å². The molecule has 6 nitrogen and oxygen atoms in total. The van der Waals surface area contributed by atoms with Crippen LogP contribution in [0, 0.1) is 0 Å². The average molecular weight is 581 g/mol. The lowest BCUT2D eigenvalue weighted by atomic mass is 10.0. The predicted molar refractivity (Wildman–Crippen MR) is 139 cm³/mol. The Balaban J connectivity index is 1.59. The molecular weight excluding hydrogens is 554 g/mol. The number of fused-ring (bicyclic) bond motifs is 1. The zero-order chi connectivity index (χ0) is 30.0. The monoisotopic (exact) mass is 580 g/mol. The zero-order valence-corrected chi connectivity index (χ0v) is 22.0. The van der Waals surface area contributed by atoms with Crippen molar-refractivity contribution in [3.63, 3.8) is 0 Å². The number of carbonyl (C=O) groups is 1. The van der Waals surface area contributed by atoms with E-state index in [1.165, 1.54) is 18.7 Å². The number of alkyl halides is 6. The van der Waals surface area contributed by atoms with E-state index in [0.717, 1.165) is 11.6 Å². The van der Waals surface area contributed by atoms with Crippen molar-refractivity contribution in [3.8, 4) is 5.75 Å². The number of benzene rings is 3. The van der Waals surface area contributed by atoms with E-state index in [2.05, 4.69) is 4.98 Å². The first kappa shape index (κ1) is 29.8. The highest BCUT2D eigenvalue weighted by molar-refractivity contribution is 5.76. The molecule has 0 amide bonds. The Morgan fingerprint density at radius 2 is 1.68 bits per heavy atom. The van der Waals surface area contributed by atoms with Gasteiger partial charge < -0.3 is 19.2 Å². The molecule has 3 aromatic carbocycles. The minimum atomic E-state index is -5.02. The van der Waals surface area contributed by atoms with Crippen molar-refractivity contribution < 1.29 is 45.4 Å². The summed E-state index contributed by atoms with van der Waals surface area (Å²) in [6.07, 6.45) is -9.13. The summed E-state index contributed by atoms with van der Waals surface area (Å²) in [5.74, 6) is -0.802. The second kappa shape index (κ2) is 11.3. The predicted octanol–water partition coefficient (Wildman–Crippen LogP) is 7.75. The fourth-order valence-electron chi connectivity index (χ4n) is 4.17. The third-order valence-electron chi connectivity index (χ3n) is 6.34. The molecule has 1 N–H and O–H groups in total. The maximum atomic E-state index is 13.8. The number of para-hydroxylation sites is 2. The number of ether oxygens (including phenoxy) is 1. The third kappa shape index (κ3) is 7.30. The fraction of sp³-hybridized carbons (Fsp3) is 0.310. The highest BCUT2D eigenvalue weighted by atomic mass is 19.4. The number of oxazole rings is 1. The van der Waals surface area contributed by atoms with Crippen LogP contribution in [0.3, 0.4) is 0 Å². The molecule has 0 bridgehead atoms. The van der Waals surface area contributed by atoms with Crippen molar-refractivity contribution in [1.82, 2.24) is 4.98 Å². The van der Waals surface area contributed by atoms with Gasteiger partial charge in [-0.2, -0.15) is 31.3 Å². The summed E-state index contributed by atoms with van der Waals surface area (Å²) in [5.41, 5.74) is -2.94. The molecule has 0 aliphatic rings. The van der Waals surface area contributed by atoms with Gasteiger partial charge in [-0.3, -0.25) is 0 Å². The molecule has 0 saturated heterocycles. The van der Waals surface area contributed by atoms with E-state index in [0.29, 0.717) is 35.8 Å². The molecule has 0 unspecified atom stereocenters. The van der Waals surface area contributed by atoms with Crippen LogP contribution in [0.25, 0.3) is 11.1 Å². The number of carboxylic acid groups (broad SMARTS) is 1. The van der Waals surface area contributed by atoms with Crippen LogP contribution in [0.15, 0.2) is 71.1 Å². The Labute approximate surface area is 231 Å². The van der Waals surface area contributed by atoms with Gasteiger partial charge in [0.15, 0.2) is 11.2 Å². The molecule has 0 saturated carbocycles. The standard InChI is InChI=1S/C29H26F6N2O4/c1-27(2,25(38)39)41-21-9-5-7-18(15-21)8-6-14-37(26-36-23-10-3-4-11-24(23)40-26)17-19-12-13-20(28(30,31)32)16-22(19)29(33,34)35/h3-5,7,9-13,15-16H,6,8,14,17H2,1-2H3,(H,38,39). The number of anilines is 1. The van der Waals surface area contributed by atoms with Crippen LogP contribution in [0.1, 0.15) is 42.5 Å². The second-order valence-electron chi connectivity index (χ2n) is 9.92. The molecule has 0 radical (unpaired) electrons. The maximum absolute atomic E-state index is 13.8. The minimum absolute atomic E-state index is 0.0273. The SMILES string of the molecule is CC(C)(Oc1cccc(CCCN(Cc2ccc(C(F)(F)F)cc2C(F)(F)F)c2nc3ccccc3o2)c1)C(=O)O. The van der Waals surface area contributed by atoms with E-state index in [-0.39, 0.29) is 24.2 Å². The van der Waals surface area contributed by atoms with Gasteiger partial charge in [-0.25, -0.2) is 4.79 Å². The molecule has 0 aliphatic heterocycles. The summed E-state index contributed by atoms with van der Waals surface area (Å²) < 4.78 is 92.4. The van der Waals surface area contributed by atoms with E-state index < -0.39 is 41.6 Å². The molecule has 0 fully saturated rings. The van der Waals surface area contributed by atoms with Gasteiger partial charge in [0.25, 0.3) is 6.01 Å². The molecule has 41 heavy (non-hydrogen) atoms. The van der Waals surface area contributed by atoms with E-state index in [1.807, 2.05) is 0 Å². The Hall–Kier alpha value is -4.22. The smallest absolute Gasteiger partial charge is 0.416 e. The quantitative estimate of drug-likeness (QED) is 0.193. The van der Waals surface area contributed by atoms with Crippen LogP contribution in [0.2, 0.25) is 0 Å². The van der Waals surface area contributed by atoms with Gasteiger partial charge in [0, 0.05) is 13.1 Å². The summed E-state index contributed by atoms with van der Waals surface area (Å²) in [7, 11) is 0. The number of carboxylic acids is 1. The lowest BCUT2D eigenvalue weighted by Crippen LogP contribution is -2.37. The molecule has 0 aliphatic carbocycles. The molecule has 12 heteroatoms.